The van der Waals surface area contributed by atoms with Gasteiger partial charge in [0.15, 0.2) is 0 Å². The van der Waals surface area contributed by atoms with E-state index in [-0.39, 0.29) is 11.6 Å². The number of imide groups is 1. The van der Waals surface area contributed by atoms with Gasteiger partial charge in [-0.2, -0.15) is 13.2 Å². The average Bonchev–Trinajstić information content (AvgIpc) is 2.96. The topological polar surface area (TPSA) is 53.1 Å². The molecule has 3 fully saturated rings. The molecule has 0 bridgehead atoms. The average molecular weight is 439 g/mol. The largest absolute Gasteiger partial charge is 0.416 e. The van der Waals surface area contributed by atoms with E-state index in [0.29, 0.717) is 38.4 Å². The summed E-state index contributed by atoms with van der Waals surface area (Å²) in [7, 11) is 0. The molecule has 1 aromatic carbocycles. The first-order valence-electron chi connectivity index (χ1n) is 10.9. The molecular formula is C22H28F3N3O3. The number of amides is 3. The molecule has 3 aliphatic heterocycles. The molecule has 4 rings (SSSR count). The highest BCUT2D eigenvalue weighted by atomic mass is 19.4. The van der Waals surface area contributed by atoms with Crippen LogP contribution in [-0.4, -0.2) is 66.7 Å². The Labute approximate surface area is 179 Å². The van der Waals surface area contributed by atoms with Gasteiger partial charge in [-0.3, -0.25) is 4.79 Å². The van der Waals surface area contributed by atoms with Gasteiger partial charge < -0.3 is 14.5 Å². The number of ether oxygens (including phenoxy) is 1. The lowest BCUT2D eigenvalue weighted by atomic mass is 9.85. The number of hydrogen-bond acceptors (Lipinski definition) is 4. The molecule has 0 radical (unpaired) electrons. The van der Waals surface area contributed by atoms with Gasteiger partial charge in [0.1, 0.15) is 5.54 Å². The predicted octanol–water partition coefficient (Wildman–Crippen LogP) is 3.76. The van der Waals surface area contributed by atoms with Crippen LogP contribution in [0.1, 0.15) is 38.2 Å². The van der Waals surface area contributed by atoms with Gasteiger partial charge in [-0.25, -0.2) is 9.69 Å². The molecule has 1 aromatic rings. The molecule has 0 atom stereocenters. The molecule has 1 spiro atoms. The van der Waals surface area contributed by atoms with Gasteiger partial charge in [-0.15, -0.1) is 0 Å². The molecule has 3 aliphatic rings. The summed E-state index contributed by atoms with van der Waals surface area (Å²) in [6.45, 7) is 6.19. The number of anilines is 1. The number of alkyl halides is 3. The van der Waals surface area contributed by atoms with Gasteiger partial charge in [0.2, 0.25) is 0 Å². The molecule has 6 nitrogen and oxygen atoms in total. The number of benzene rings is 1. The van der Waals surface area contributed by atoms with E-state index in [1.54, 1.807) is 4.90 Å². The van der Waals surface area contributed by atoms with E-state index in [9.17, 15) is 22.8 Å². The maximum Gasteiger partial charge on any atom is 0.416 e. The first kappa shape index (κ1) is 22.1. The number of likely N-dealkylation sites (N-methyl/N-ethyl adjacent to an activating group) is 1. The number of rotatable bonds is 4. The maximum absolute atomic E-state index is 13.4. The summed E-state index contributed by atoms with van der Waals surface area (Å²) in [5.74, 6) is 0.263. The number of carbonyl (C=O) groups excluding carboxylic acids is 2. The van der Waals surface area contributed by atoms with Crippen LogP contribution in [0.25, 0.3) is 0 Å². The minimum atomic E-state index is -4.47. The zero-order valence-corrected chi connectivity index (χ0v) is 17.7. The van der Waals surface area contributed by atoms with Crippen LogP contribution in [0.5, 0.6) is 0 Å². The highest BCUT2D eigenvalue weighted by Crippen LogP contribution is 2.40. The van der Waals surface area contributed by atoms with Gasteiger partial charge in [0, 0.05) is 39.4 Å². The quantitative estimate of drug-likeness (QED) is 0.671. The van der Waals surface area contributed by atoms with E-state index < -0.39 is 23.3 Å². The van der Waals surface area contributed by atoms with Crippen LogP contribution in [0.15, 0.2) is 24.3 Å². The number of hydrogen-bond donors (Lipinski definition) is 0. The number of likely N-dealkylation sites (tertiary alicyclic amines) is 1. The van der Waals surface area contributed by atoms with E-state index in [4.69, 9.17) is 4.74 Å². The second-order valence-electron chi connectivity index (χ2n) is 8.60. The van der Waals surface area contributed by atoms with E-state index >= 15 is 0 Å². The lowest BCUT2D eigenvalue weighted by Crippen LogP contribution is -2.57. The van der Waals surface area contributed by atoms with Crippen molar-refractivity contribution in [3.05, 3.63) is 29.8 Å². The van der Waals surface area contributed by atoms with Crippen LogP contribution in [-0.2, 0) is 15.7 Å². The van der Waals surface area contributed by atoms with Crippen molar-refractivity contribution in [1.29, 1.82) is 0 Å². The van der Waals surface area contributed by atoms with E-state index in [2.05, 4.69) is 4.90 Å². The summed E-state index contributed by atoms with van der Waals surface area (Å²) in [4.78, 5) is 31.5. The molecule has 3 saturated heterocycles. The molecule has 0 unspecified atom stereocenters. The van der Waals surface area contributed by atoms with Gasteiger partial charge in [0.05, 0.1) is 11.3 Å². The normalized spacial score (nSPS) is 23.2. The van der Waals surface area contributed by atoms with Crippen LogP contribution in [0, 0.1) is 5.92 Å². The SMILES string of the molecule is CCN1C(=O)N(c2ccc(C(F)(F)F)cc2)C(=O)C12CCN(CC1CCOCC1)CC2. The second-order valence-corrected chi connectivity index (χ2v) is 8.60. The van der Waals surface area contributed by atoms with Crippen LogP contribution in [0.4, 0.5) is 23.7 Å². The van der Waals surface area contributed by atoms with Crippen LogP contribution in [0.2, 0.25) is 0 Å². The number of piperidine rings is 1. The third-order valence-electron chi connectivity index (χ3n) is 6.85. The van der Waals surface area contributed by atoms with Crippen LogP contribution >= 0.6 is 0 Å². The number of carbonyl (C=O) groups is 2. The van der Waals surface area contributed by atoms with Gasteiger partial charge in [-0.05, 0) is 62.8 Å². The first-order valence-corrected chi connectivity index (χ1v) is 10.9. The third kappa shape index (κ3) is 4.05. The fraction of sp³-hybridized carbons (Fsp3) is 0.636. The summed E-state index contributed by atoms with van der Waals surface area (Å²) < 4.78 is 44.1. The summed E-state index contributed by atoms with van der Waals surface area (Å²) in [6.07, 6.45) is -1.31. The third-order valence-corrected chi connectivity index (χ3v) is 6.85. The summed E-state index contributed by atoms with van der Waals surface area (Å²) in [5, 5.41) is 0. The lowest BCUT2D eigenvalue weighted by Gasteiger charge is -2.43. The van der Waals surface area contributed by atoms with Crippen LogP contribution < -0.4 is 4.90 Å². The molecule has 31 heavy (non-hydrogen) atoms. The van der Waals surface area contributed by atoms with Crippen molar-refractivity contribution in [3.8, 4) is 0 Å². The maximum atomic E-state index is 13.4. The monoisotopic (exact) mass is 439 g/mol. The molecule has 3 heterocycles. The fourth-order valence-corrected chi connectivity index (χ4v) is 5.06. The Bertz CT molecular complexity index is 814. The van der Waals surface area contributed by atoms with Gasteiger partial charge >= 0.3 is 12.2 Å². The van der Waals surface area contributed by atoms with Crippen molar-refractivity contribution in [2.75, 3.05) is 44.3 Å². The smallest absolute Gasteiger partial charge is 0.381 e. The Morgan fingerprint density at radius 1 is 1.06 bits per heavy atom. The van der Waals surface area contributed by atoms with Crippen molar-refractivity contribution in [2.45, 2.75) is 44.3 Å². The Balaban J connectivity index is 1.50. The van der Waals surface area contributed by atoms with Crippen molar-refractivity contribution in [2.24, 2.45) is 5.92 Å². The van der Waals surface area contributed by atoms with E-state index in [1.807, 2.05) is 6.92 Å². The highest BCUT2D eigenvalue weighted by Gasteiger charge is 2.57. The van der Waals surface area contributed by atoms with Crippen molar-refractivity contribution in [1.82, 2.24) is 9.80 Å². The Morgan fingerprint density at radius 3 is 2.23 bits per heavy atom. The van der Waals surface area contributed by atoms with Crippen LogP contribution in [0.3, 0.4) is 0 Å². The van der Waals surface area contributed by atoms with Crippen molar-refractivity contribution in [3.63, 3.8) is 0 Å². The van der Waals surface area contributed by atoms with E-state index in [1.165, 1.54) is 12.1 Å². The second kappa shape index (κ2) is 8.43. The minimum Gasteiger partial charge on any atom is -0.381 e. The summed E-state index contributed by atoms with van der Waals surface area (Å²) in [5.41, 5.74) is -1.54. The molecule has 3 amide bonds. The van der Waals surface area contributed by atoms with Crippen molar-refractivity contribution < 1.29 is 27.5 Å². The minimum absolute atomic E-state index is 0.183. The number of urea groups is 1. The molecule has 9 heteroatoms. The van der Waals surface area contributed by atoms with E-state index in [0.717, 1.165) is 49.6 Å². The molecule has 0 aliphatic carbocycles. The van der Waals surface area contributed by atoms with Gasteiger partial charge in [-0.1, -0.05) is 0 Å². The molecule has 0 saturated carbocycles. The fourth-order valence-electron chi connectivity index (χ4n) is 5.06. The number of nitrogens with zero attached hydrogens (tertiary/aromatic N) is 3. The zero-order valence-electron chi connectivity index (χ0n) is 17.7. The first-order chi connectivity index (χ1) is 14.8. The predicted molar refractivity (Wildman–Crippen MR) is 109 cm³/mol. The highest BCUT2D eigenvalue weighted by molar-refractivity contribution is 6.23. The standard InChI is InChI=1S/C22H28F3N3O3/c1-2-27-20(30)28(18-5-3-17(4-6-18)22(23,24)25)19(29)21(27)9-11-26(12-10-21)15-16-7-13-31-14-8-16/h3-6,16H,2,7-15H2,1H3. The molecule has 0 aromatic heterocycles. The van der Waals surface area contributed by atoms with Gasteiger partial charge in [0.25, 0.3) is 5.91 Å². The molecule has 0 N–H and O–H groups in total. The molecule has 170 valence electrons. The summed E-state index contributed by atoms with van der Waals surface area (Å²) in [6, 6.07) is 3.77. The Hall–Kier alpha value is -2.13. The Kier molecular flexibility index (Phi) is 6.00. The molecular weight excluding hydrogens is 411 g/mol. The lowest BCUT2D eigenvalue weighted by molar-refractivity contribution is -0.137. The number of halogens is 3. The Morgan fingerprint density at radius 2 is 1.68 bits per heavy atom. The zero-order chi connectivity index (χ0) is 22.2. The van der Waals surface area contributed by atoms with Crippen molar-refractivity contribution >= 4 is 17.6 Å². The summed E-state index contributed by atoms with van der Waals surface area (Å²) >= 11 is 0.